The van der Waals surface area contributed by atoms with Gasteiger partial charge in [-0.3, -0.25) is 0 Å². The molecular weight excluding hydrogens is 234 g/mol. The van der Waals surface area contributed by atoms with Crippen LogP contribution in [0, 0.1) is 6.92 Å². The molecule has 1 heterocycles. The van der Waals surface area contributed by atoms with Gasteiger partial charge in [0.2, 0.25) is 0 Å². The molecule has 0 saturated carbocycles. The van der Waals surface area contributed by atoms with E-state index in [1.54, 1.807) is 0 Å². The van der Waals surface area contributed by atoms with E-state index in [0.717, 1.165) is 17.8 Å². The van der Waals surface area contributed by atoms with Gasteiger partial charge in [0, 0.05) is 12.2 Å². The maximum Gasteiger partial charge on any atom is 0.0654 e. The summed E-state index contributed by atoms with van der Waals surface area (Å²) < 4.78 is 1.94. The van der Waals surface area contributed by atoms with Gasteiger partial charge in [0.25, 0.3) is 0 Å². The quantitative estimate of drug-likeness (QED) is 0.914. The zero-order valence-electron chi connectivity index (χ0n) is 12.2. The SMILES string of the molecule is Cc1cc(-n2ccc(C(C)C)n2)ccc1CC(C)N. The first-order valence-corrected chi connectivity index (χ1v) is 6.88. The monoisotopic (exact) mass is 257 g/mol. The third-order valence-electron chi connectivity index (χ3n) is 3.33. The van der Waals surface area contributed by atoms with Crippen LogP contribution in [0.2, 0.25) is 0 Å². The van der Waals surface area contributed by atoms with Gasteiger partial charge in [0.1, 0.15) is 0 Å². The van der Waals surface area contributed by atoms with Crippen molar-refractivity contribution in [3.05, 3.63) is 47.3 Å². The molecule has 1 atom stereocenters. The Labute approximate surface area is 115 Å². The van der Waals surface area contributed by atoms with E-state index in [-0.39, 0.29) is 6.04 Å². The highest BCUT2D eigenvalue weighted by Gasteiger charge is 2.07. The molecule has 2 aromatic rings. The van der Waals surface area contributed by atoms with Gasteiger partial charge in [0.05, 0.1) is 11.4 Å². The van der Waals surface area contributed by atoms with E-state index in [0.29, 0.717) is 5.92 Å². The van der Waals surface area contributed by atoms with E-state index in [9.17, 15) is 0 Å². The molecule has 0 fully saturated rings. The minimum absolute atomic E-state index is 0.196. The van der Waals surface area contributed by atoms with Crippen LogP contribution in [0.15, 0.2) is 30.5 Å². The minimum atomic E-state index is 0.196. The van der Waals surface area contributed by atoms with Gasteiger partial charge < -0.3 is 5.73 Å². The number of rotatable bonds is 4. The van der Waals surface area contributed by atoms with E-state index in [1.165, 1.54) is 11.1 Å². The van der Waals surface area contributed by atoms with E-state index in [1.807, 2.05) is 17.8 Å². The van der Waals surface area contributed by atoms with E-state index in [4.69, 9.17) is 5.73 Å². The highest BCUT2D eigenvalue weighted by atomic mass is 15.3. The molecule has 1 aromatic carbocycles. The fourth-order valence-corrected chi connectivity index (χ4v) is 2.19. The third kappa shape index (κ3) is 3.24. The molecule has 102 valence electrons. The molecule has 3 heteroatoms. The normalized spacial score (nSPS) is 12.9. The number of nitrogens with two attached hydrogens (primary N) is 1. The molecule has 0 saturated heterocycles. The second-order valence-electron chi connectivity index (χ2n) is 5.63. The Morgan fingerprint density at radius 2 is 1.95 bits per heavy atom. The molecule has 19 heavy (non-hydrogen) atoms. The molecule has 2 rings (SSSR count). The Morgan fingerprint density at radius 1 is 1.21 bits per heavy atom. The Balaban J connectivity index is 2.28. The number of nitrogens with zero attached hydrogens (tertiary/aromatic N) is 2. The first-order valence-electron chi connectivity index (χ1n) is 6.88. The van der Waals surface area contributed by atoms with E-state index >= 15 is 0 Å². The second-order valence-corrected chi connectivity index (χ2v) is 5.63. The summed E-state index contributed by atoms with van der Waals surface area (Å²) in [7, 11) is 0. The van der Waals surface area contributed by atoms with Crippen molar-refractivity contribution in [2.45, 2.75) is 46.1 Å². The zero-order chi connectivity index (χ0) is 14.0. The van der Waals surface area contributed by atoms with Gasteiger partial charge in [-0.05, 0) is 55.5 Å². The maximum absolute atomic E-state index is 5.86. The summed E-state index contributed by atoms with van der Waals surface area (Å²) in [6.45, 7) is 8.48. The first-order chi connectivity index (χ1) is 8.97. The molecule has 1 aromatic heterocycles. The summed E-state index contributed by atoms with van der Waals surface area (Å²) in [5.74, 6) is 0.458. The van der Waals surface area contributed by atoms with Gasteiger partial charge in [0.15, 0.2) is 0 Å². The molecule has 0 aliphatic heterocycles. The Bertz CT molecular complexity index is 553. The Morgan fingerprint density at radius 3 is 2.47 bits per heavy atom. The number of aryl methyl sites for hydroxylation is 1. The number of hydrogen-bond donors (Lipinski definition) is 1. The van der Waals surface area contributed by atoms with Crippen molar-refractivity contribution in [1.29, 1.82) is 0 Å². The van der Waals surface area contributed by atoms with Gasteiger partial charge >= 0.3 is 0 Å². The van der Waals surface area contributed by atoms with Crippen molar-refractivity contribution >= 4 is 0 Å². The smallest absolute Gasteiger partial charge is 0.0654 e. The molecule has 1 unspecified atom stereocenters. The third-order valence-corrected chi connectivity index (χ3v) is 3.33. The predicted octanol–water partition coefficient (Wildman–Crippen LogP) is 3.19. The summed E-state index contributed by atoms with van der Waals surface area (Å²) in [5, 5.41) is 4.60. The van der Waals surface area contributed by atoms with Crippen LogP contribution in [-0.2, 0) is 6.42 Å². The lowest BCUT2D eigenvalue weighted by Crippen LogP contribution is -2.18. The van der Waals surface area contributed by atoms with Gasteiger partial charge in [-0.15, -0.1) is 0 Å². The van der Waals surface area contributed by atoms with Crippen LogP contribution < -0.4 is 5.73 Å². The van der Waals surface area contributed by atoms with Crippen molar-refractivity contribution in [3.8, 4) is 5.69 Å². The lowest BCUT2D eigenvalue weighted by atomic mass is 10.0. The standard InChI is InChI=1S/C16H23N3/c1-11(2)16-7-8-19(18-16)15-6-5-14(10-13(4)17)12(3)9-15/h5-9,11,13H,10,17H2,1-4H3. The molecule has 0 amide bonds. The van der Waals surface area contributed by atoms with Crippen molar-refractivity contribution in [2.75, 3.05) is 0 Å². The molecule has 3 nitrogen and oxygen atoms in total. The van der Waals surface area contributed by atoms with Crippen LogP contribution in [0.25, 0.3) is 5.69 Å². The molecule has 0 aliphatic rings. The summed E-state index contributed by atoms with van der Waals surface area (Å²) >= 11 is 0. The summed E-state index contributed by atoms with van der Waals surface area (Å²) in [6.07, 6.45) is 2.94. The van der Waals surface area contributed by atoms with E-state index in [2.05, 4.69) is 50.1 Å². The number of aromatic nitrogens is 2. The predicted molar refractivity (Wildman–Crippen MR) is 79.7 cm³/mol. The summed E-state index contributed by atoms with van der Waals surface area (Å²) in [5.41, 5.74) is 10.7. The van der Waals surface area contributed by atoms with Crippen LogP contribution in [0.4, 0.5) is 0 Å². The van der Waals surface area contributed by atoms with Crippen LogP contribution in [0.1, 0.15) is 43.5 Å². The summed E-state index contributed by atoms with van der Waals surface area (Å²) in [6, 6.07) is 8.72. The molecule has 0 radical (unpaired) electrons. The Kier molecular flexibility index (Phi) is 4.05. The van der Waals surface area contributed by atoms with E-state index < -0.39 is 0 Å². The Hall–Kier alpha value is -1.61. The summed E-state index contributed by atoms with van der Waals surface area (Å²) in [4.78, 5) is 0. The van der Waals surface area contributed by atoms with Gasteiger partial charge in [-0.25, -0.2) is 4.68 Å². The molecule has 0 spiro atoms. The van der Waals surface area contributed by atoms with Crippen molar-refractivity contribution in [3.63, 3.8) is 0 Å². The van der Waals surface area contributed by atoms with Crippen LogP contribution >= 0.6 is 0 Å². The second kappa shape index (κ2) is 5.57. The topological polar surface area (TPSA) is 43.8 Å². The first kappa shape index (κ1) is 13.8. The van der Waals surface area contributed by atoms with Gasteiger partial charge in [-0.2, -0.15) is 5.10 Å². The average Bonchev–Trinajstić information content (AvgIpc) is 2.80. The molecular formula is C16H23N3. The largest absolute Gasteiger partial charge is 0.328 e. The lowest BCUT2D eigenvalue weighted by molar-refractivity contribution is 0.733. The minimum Gasteiger partial charge on any atom is -0.328 e. The zero-order valence-corrected chi connectivity index (χ0v) is 12.2. The highest BCUT2D eigenvalue weighted by Crippen LogP contribution is 2.18. The average molecular weight is 257 g/mol. The lowest BCUT2D eigenvalue weighted by Gasteiger charge is -2.11. The molecule has 0 aliphatic carbocycles. The fraction of sp³-hybridized carbons (Fsp3) is 0.438. The van der Waals surface area contributed by atoms with Crippen LogP contribution in [0.3, 0.4) is 0 Å². The van der Waals surface area contributed by atoms with Crippen LogP contribution in [-0.4, -0.2) is 15.8 Å². The highest BCUT2D eigenvalue weighted by molar-refractivity contribution is 5.40. The fourth-order valence-electron chi connectivity index (χ4n) is 2.19. The maximum atomic E-state index is 5.86. The molecule has 2 N–H and O–H groups in total. The van der Waals surface area contributed by atoms with Crippen molar-refractivity contribution in [1.82, 2.24) is 9.78 Å². The van der Waals surface area contributed by atoms with Crippen LogP contribution in [0.5, 0.6) is 0 Å². The van der Waals surface area contributed by atoms with Gasteiger partial charge in [-0.1, -0.05) is 19.9 Å². The molecule has 0 bridgehead atoms. The van der Waals surface area contributed by atoms with Crippen molar-refractivity contribution in [2.24, 2.45) is 5.73 Å². The van der Waals surface area contributed by atoms with Crippen molar-refractivity contribution < 1.29 is 0 Å². The number of benzene rings is 1. The number of hydrogen-bond acceptors (Lipinski definition) is 2.